The van der Waals surface area contributed by atoms with Gasteiger partial charge in [-0.3, -0.25) is 9.36 Å². The van der Waals surface area contributed by atoms with Crippen LogP contribution in [0.2, 0.25) is 5.02 Å². The van der Waals surface area contributed by atoms with Crippen molar-refractivity contribution in [1.82, 2.24) is 18.9 Å². The Labute approximate surface area is 177 Å². The van der Waals surface area contributed by atoms with Gasteiger partial charge in [-0.05, 0) is 37.6 Å². The molecular weight excluding hydrogens is 408 g/mol. The summed E-state index contributed by atoms with van der Waals surface area (Å²) in [5.74, 6) is 0.607. The Kier molecular flexibility index (Phi) is 6.18. The van der Waals surface area contributed by atoms with Gasteiger partial charge in [0.15, 0.2) is 5.16 Å². The summed E-state index contributed by atoms with van der Waals surface area (Å²) in [4.78, 5) is 22.4. The Bertz CT molecular complexity index is 1200. The van der Waals surface area contributed by atoms with E-state index < -0.39 is 0 Å². The zero-order valence-electron chi connectivity index (χ0n) is 16.0. The molecule has 3 aromatic heterocycles. The Morgan fingerprint density at radius 3 is 2.86 bits per heavy atom. The van der Waals surface area contributed by atoms with Crippen molar-refractivity contribution in [3.63, 3.8) is 0 Å². The standard InChI is InChI=1S/C21H21ClN4O2S/c1-2-28-11-5-10-26-20(27)17-6-3-4-7-18(17)24-21(26)29-14-16-13-25-12-15(22)8-9-19(25)23-16/h3-4,6-9,12-13H,2,5,10-11,14H2,1H3. The van der Waals surface area contributed by atoms with Gasteiger partial charge >= 0.3 is 0 Å². The molecule has 0 saturated heterocycles. The van der Waals surface area contributed by atoms with Crippen molar-refractivity contribution in [3.8, 4) is 0 Å². The summed E-state index contributed by atoms with van der Waals surface area (Å²) < 4.78 is 9.08. The number of halogens is 1. The van der Waals surface area contributed by atoms with Crippen LogP contribution in [-0.4, -0.2) is 32.1 Å². The van der Waals surface area contributed by atoms with E-state index in [0.29, 0.717) is 46.6 Å². The van der Waals surface area contributed by atoms with Crippen LogP contribution in [0, 0.1) is 0 Å². The number of para-hydroxylation sites is 1. The van der Waals surface area contributed by atoms with Crippen LogP contribution in [0.1, 0.15) is 19.0 Å². The molecule has 0 radical (unpaired) electrons. The largest absolute Gasteiger partial charge is 0.382 e. The second-order valence-corrected chi connectivity index (χ2v) is 7.93. The molecule has 0 aliphatic rings. The Morgan fingerprint density at radius 1 is 1.14 bits per heavy atom. The van der Waals surface area contributed by atoms with Crippen molar-refractivity contribution in [3.05, 3.63) is 69.9 Å². The van der Waals surface area contributed by atoms with Crippen LogP contribution in [0.25, 0.3) is 16.6 Å². The Hall–Kier alpha value is -2.35. The molecule has 0 fully saturated rings. The molecule has 0 bridgehead atoms. The lowest BCUT2D eigenvalue weighted by atomic mass is 10.2. The third-order valence-electron chi connectivity index (χ3n) is 4.52. The smallest absolute Gasteiger partial charge is 0.262 e. The van der Waals surface area contributed by atoms with Crippen LogP contribution in [-0.2, 0) is 17.0 Å². The van der Waals surface area contributed by atoms with E-state index >= 15 is 0 Å². The zero-order chi connectivity index (χ0) is 20.2. The summed E-state index contributed by atoms with van der Waals surface area (Å²) in [6, 6.07) is 11.2. The molecule has 4 rings (SSSR count). The second kappa shape index (κ2) is 8.98. The van der Waals surface area contributed by atoms with Crippen LogP contribution in [0.15, 0.2) is 58.7 Å². The molecule has 1 aromatic carbocycles. The summed E-state index contributed by atoms with van der Waals surface area (Å²) in [7, 11) is 0. The highest BCUT2D eigenvalue weighted by molar-refractivity contribution is 7.98. The maximum Gasteiger partial charge on any atom is 0.262 e. The maximum atomic E-state index is 13.0. The minimum absolute atomic E-state index is 0.0172. The minimum Gasteiger partial charge on any atom is -0.382 e. The van der Waals surface area contributed by atoms with Gasteiger partial charge in [0.2, 0.25) is 0 Å². The number of pyridine rings is 1. The highest BCUT2D eigenvalue weighted by Crippen LogP contribution is 2.23. The van der Waals surface area contributed by atoms with Gasteiger partial charge < -0.3 is 9.14 Å². The van der Waals surface area contributed by atoms with Gasteiger partial charge in [-0.25, -0.2) is 9.97 Å². The van der Waals surface area contributed by atoms with Crippen LogP contribution in [0.3, 0.4) is 0 Å². The van der Waals surface area contributed by atoms with Crippen molar-refractivity contribution in [2.24, 2.45) is 0 Å². The predicted molar refractivity (Wildman–Crippen MR) is 117 cm³/mol. The number of rotatable bonds is 8. The first-order valence-electron chi connectivity index (χ1n) is 9.49. The number of benzene rings is 1. The van der Waals surface area contributed by atoms with E-state index in [1.807, 2.05) is 60.1 Å². The number of aromatic nitrogens is 4. The van der Waals surface area contributed by atoms with Crippen molar-refractivity contribution in [2.45, 2.75) is 30.8 Å². The SMILES string of the molecule is CCOCCCn1c(SCc2cn3cc(Cl)ccc3n2)nc2ccccc2c1=O. The first-order valence-corrected chi connectivity index (χ1v) is 10.9. The molecule has 0 atom stereocenters. The molecule has 0 aliphatic heterocycles. The molecule has 0 aliphatic carbocycles. The molecule has 3 heterocycles. The summed E-state index contributed by atoms with van der Waals surface area (Å²) in [6.07, 6.45) is 4.54. The van der Waals surface area contributed by atoms with Crippen LogP contribution in [0.5, 0.6) is 0 Å². The van der Waals surface area contributed by atoms with Gasteiger partial charge in [-0.2, -0.15) is 0 Å². The van der Waals surface area contributed by atoms with Crippen LogP contribution >= 0.6 is 23.4 Å². The van der Waals surface area contributed by atoms with Crippen molar-refractivity contribution in [1.29, 1.82) is 0 Å². The number of hydrogen-bond donors (Lipinski definition) is 0. The third kappa shape index (κ3) is 4.47. The third-order valence-corrected chi connectivity index (χ3v) is 5.75. The molecule has 0 amide bonds. The highest BCUT2D eigenvalue weighted by Gasteiger charge is 2.12. The summed E-state index contributed by atoms with van der Waals surface area (Å²) in [6.45, 7) is 3.82. The fourth-order valence-electron chi connectivity index (χ4n) is 3.15. The Morgan fingerprint density at radius 2 is 2.00 bits per heavy atom. The average Bonchev–Trinajstić information content (AvgIpc) is 3.13. The van der Waals surface area contributed by atoms with Gasteiger partial charge in [0.1, 0.15) is 5.65 Å². The van der Waals surface area contributed by atoms with Crippen LogP contribution in [0.4, 0.5) is 0 Å². The quantitative estimate of drug-likeness (QED) is 0.236. The van der Waals surface area contributed by atoms with Crippen molar-refractivity contribution >= 4 is 39.9 Å². The lowest BCUT2D eigenvalue weighted by Crippen LogP contribution is -2.24. The number of nitrogens with zero attached hydrogens (tertiary/aromatic N) is 4. The topological polar surface area (TPSA) is 61.4 Å². The van der Waals surface area contributed by atoms with Gasteiger partial charge in [-0.15, -0.1) is 0 Å². The number of thioether (sulfide) groups is 1. The average molecular weight is 429 g/mol. The molecule has 8 heteroatoms. The molecule has 150 valence electrons. The first-order chi connectivity index (χ1) is 14.2. The van der Waals surface area contributed by atoms with Crippen molar-refractivity contribution < 1.29 is 4.74 Å². The first kappa shape index (κ1) is 19.9. The van der Waals surface area contributed by atoms with E-state index in [9.17, 15) is 4.79 Å². The summed E-state index contributed by atoms with van der Waals surface area (Å²) in [5, 5.41) is 1.99. The molecule has 4 aromatic rings. The van der Waals surface area contributed by atoms with E-state index in [2.05, 4.69) is 4.98 Å². The van der Waals surface area contributed by atoms with Gasteiger partial charge in [-0.1, -0.05) is 35.5 Å². The van der Waals surface area contributed by atoms with E-state index in [1.54, 1.807) is 4.57 Å². The lowest BCUT2D eigenvalue weighted by molar-refractivity contribution is 0.140. The molecule has 29 heavy (non-hydrogen) atoms. The predicted octanol–water partition coefficient (Wildman–Crippen LogP) is 4.42. The lowest BCUT2D eigenvalue weighted by Gasteiger charge is -2.12. The molecule has 0 N–H and O–H groups in total. The van der Waals surface area contributed by atoms with Gasteiger partial charge in [0, 0.05) is 37.9 Å². The molecule has 0 saturated carbocycles. The number of imidazole rings is 1. The maximum absolute atomic E-state index is 13.0. The highest BCUT2D eigenvalue weighted by atomic mass is 35.5. The van der Waals surface area contributed by atoms with E-state index in [-0.39, 0.29) is 5.56 Å². The van der Waals surface area contributed by atoms with E-state index in [4.69, 9.17) is 21.3 Å². The van der Waals surface area contributed by atoms with Gasteiger partial charge in [0.05, 0.1) is 21.6 Å². The van der Waals surface area contributed by atoms with Crippen molar-refractivity contribution in [2.75, 3.05) is 13.2 Å². The fraction of sp³-hybridized carbons (Fsp3) is 0.286. The number of ether oxygens (including phenoxy) is 1. The fourth-order valence-corrected chi connectivity index (χ4v) is 4.23. The minimum atomic E-state index is -0.0172. The van der Waals surface area contributed by atoms with Crippen LogP contribution < -0.4 is 5.56 Å². The normalized spacial score (nSPS) is 11.5. The van der Waals surface area contributed by atoms with E-state index in [1.165, 1.54) is 11.8 Å². The molecule has 0 spiro atoms. The second-order valence-electron chi connectivity index (χ2n) is 6.55. The molecule has 6 nitrogen and oxygen atoms in total. The van der Waals surface area contributed by atoms with E-state index in [0.717, 1.165) is 17.8 Å². The molecule has 0 unspecified atom stereocenters. The zero-order valence-corrected chi connectivity index (χ0v) is 17.6. The summed E-state index contributed by atoms with van der Waals surface area (Å²) >= 11 is 7.57. The number of hydrogen-bond acceptors (Lipinski definition) is 5. The van der Waals surface area contributed by atoms with Gasteiger partial charge in [0.25, 0.3) is 5.56 Å². The monoisotopic (exact) mass is 428 g/mol. The Balaban J connectivity index is 1.62. The molecular formula is C21H21ClN4O2S. The summed E-state index contributed by atoms with van der Waals surface area (Å²) in [5.41, 5.74) is 2.44. The number of fused-ring (bicyclic) bond motifs is 2.